The van der Waals surface area contributed by atoms with E-state index in [4.69, 9.17) is 5.11 Å². The summed E-state index contributed by atoms with van der Waals surface area (Å²) >= 11 is 0. The average Bonchev–Trinajstić information content (AvgIpc) is 2.88. The molecule has 0 radical (unpaired) electrons. The van der Waals surface area contributed by atoms with E-state index in [9.17, 15) is 4.79 Å². The van der Waals surface area contributed by atoms with Crippen molar-refractivity contribution >= 4 is 11.7 Å². The third kappa shape index (κ3) is 2.51. The van der Waals surface area contributed by atoms with E-state index in [-0.39, 0.29) is 6.42 Å². The first-order chi connectivity index (χ1) is 9.72. The third-order valence-corrected chi connectivity index (χ3v) is 3.06. The normalized spacial score (nSPS) is 10.8. The molecule has 3 rings (SSSR count). The minimum Gasteiger partial charge on any atom is -0.481 e. The predicted octanol–water partition coefficient (Wildman–Crippen LogP) is 2.41. The first-order valence-corrected chi connectivity index (χ1v) is 6.33. The van der Waals surface area contributed by atoms with Gasteiger partial charge in [-0.3, -0.25) is 9.20 Å². The smallest absolute Gasteiger partial charge is 0.303 e. The van der Waals surface area contributed by atoms with Gasteiger partial charge in [0, 0.05) is 30.6 Å². The molecule has 0 saturated carbocycles. The van der Waals surface area contributed by atoms with Crippen LogP contribution in [0.15, 0.2) is 48.9 Å². The highest BCUT2D eigenvalue weighted by Crippen LogP contribution is 2.18. The first-order valence-electron chi connectivity index (χ1n) is 6.33. The molecule has 0 fully saturated rings. The SMILES string of the molecule is O=C(O)CCc1cn2cc(-c3ccccc3)cnc2n1. The van der Waals surface area contributed by atoms with Gasteiger partial charge >= 0.3 is 5.97 Å². The van der Waals surface area contributed by atoms with E-state index in [2.05, 4.69) is 9.97 Å². The molecule has 3 aromatic rings. The summed E-state index contributed by atoms with van der Waals surface area (Å²) in [5, 5.41) is 8.69. The Hall–Kier alpha value is -2.69. The van der Waals surface area contributed by atoms with Crippen LogP contribution < -0.4 is 0 Å². The largest absolute Gasteiger partial charge is 0.481 e. The maximum Gasteiger partial charge on any atom is 0.303 e. The van der Waals surface area contributed by atoms with Crippen LogP contribution in [0.25, 0.3) is 16.9 Å². The Bertz CT molecular complexity index is 750. The molecule has 20 heavy (non-hydrogen) atoms. The summed E-state index contributed by atoms with van der Waals surface area (Å²) in [6.45, 7) is 0. The number of carboxylic acids is 1. The van der Waals surface area contributed by atoms with Crippen molar-refractivity contribution in [3.63, 3.8) is 0 Å². The number of nitrogens with zero attached hydrogens (tertiary/aromatic N) is 3. The van der Waals surface area contributed by atoms with Gasteiger partial charge in [-0.2, -0.15) is 0 Å². The lowest BCUT2D eigenvalue weighted by Gasteiger charge is -2.00. The summed E-state index contributed by atoms with van der Waals surface area (Å²) in [4.78, 5) is 19.2. The maximum absolute atomic E-state index is 10.6. The van der Waals surface area contributed by atoms with Crippen LogP contribution in [0.3, 0.4) is 0 Å². The second-order valence-electron chi connectivity index (χ2n) is 4.54. The minimum absolute atomic E-state index is 0.0788. The second kappa shape index (κ2) is 5.13. The minimum atomic E-state index is -0.819. The summed E-state index contributed by atoms with van der Waals surface area (Å²) < 4.78 is 1.83. The lowest BCUT2D eigenvalue weighted by atomic mass is 10.1. The summed E-state index contributed by atoms with van der Waals surface area (Å²) in [5.74, 6) is -0.231. The fourth-order valence-corrected chi connectivity index (χ4v) is 2.07. The zero-order chi connectivity index (χ0) is 13.9. The van der Waals surface area contributed by atoms with Crippen LogP contribution in [0.1, 0.15) is 12.1 Å². The van der Waals surface area contributed by atoms with E-state index in [1.54, 1.807) is 6.20 Å². The van der Waals surface area contributed by atoms with Crippen LogP contribution in [-0.4, -0.2) is 25.4 Å². The van der Waals surface area contributed by atoms with Crippen LogP contribution in [0.5, 0.6) is 0 Å². The van der Waals surface area contributed by atoms with Crippen molar-refractivity contribution in [2.75, 3.05) is 0 Å². The van der Waals surface area contributed by atoms with Gasteiger partial charge in [-0.15, -0.1) is 0 Å². The number of aromatic nitrogens is 3. The average molecular weight is 267 g/mol. The highest BCUT2D eigenvalue weighted by atomic mass is 16.4. The molecule has 2 aromatic heterocycles. The number of hydrogen-bond acceptors (Lipinski definition) is 3. The van der Waals surface area contributed by atoms with Crippen molar-refractivity contribution in [3.8, 4) is 11.1 Å². The van der Waals surface area contributed by atoms with Gasteiger partial charge in [0.15, 0.2) is 0 Å². The Kier molecular flexibility index (Phi) is 3.16. The number of rotatable bonds is 4. The van der Waals surface area contributed by atoms with Crippen molar-refractivity contribution in [3.05, 3.63) is 54.6 Å². The van der Waals surface area contributed by atoms with Gasteiger partial charge in [0.2, 0.25) is 5.78 Å². The number of aryl methyl sites for hydroxylation is 1. The van der Waals surface area contributed by atoms with Crippen LogP contribution in [0.4, 0.5) is 0 Å². The van der Waals surface area contributed by atoms with E-state index < -0.39 is 5.97 Å². The Balaban J connectivity index is 1.93. The van der Waals surface area contributed by atoms with Gasteiger partial charge in [0.1, 0.15) is 0 Å². The summed E-state index contributed by atoms with van der Waals surface area (Å²) in [6, 6.07) is 9.96. The number of carboxylic acid groups (broad SMARTS) is 1. The van der Waals surface area contributed by atoms with Gasteiger partial charge in [0.25, 0.3) is 0 Å². The van der Waals surface area contributed by atoms with Gasteiger partial charge in [0.05, 0.1) is 12.1 Å². The van der Waals surface area contributed by atoms with E-state index in [1.807, 2.05) is 47.1 Å². The second-order valence-corrected chi connectivity index (χ2v) is 4.54. The van der Waals surface area contributed by atoms with Crippen LogP contribution >= 0.6 is 0 Å². The van der Waals surface area contributed by atoms with Crippen molar-refractivity contribution in [2.24, 2.45) is 0 Å². The molecular weight excluding hydrogens is 254 g/mol. The quantitative estimate of drug-likeness (QED) is 0.788. The molecule has 0 spiro atoms. The molecule has 0 aliphatic heterocycles. The summed E-state index contributed by atoms with van der Waals surface area (Å²) in [5.41, 5.74) is 2.83. The van der Waals surface area contributed by atoms with Gasteiger partial charge < -0.3 is 5.11 Å². The zero-order valence-corrected chi connectivity index (χ0v) is 10.7. The van der Waals surface area contributed by atoms with Crippen LogP contribution in [-0.2, 0) is 11.2 Å². The van der Waals surface area contributed by atoms with Crippen LogP contribution in [0, 0.1) is 0 Å². The van der Waals surface area contributed by atoms with Crippen molar-refractivity contribution in [1.29, 1.82) is 0 Å². The highest BCUT2D eigenvalue weighted by Gasteiger charge is 2.06. The van der Waals surface area contributed by atoms with Gasteiger partial charge in [-0.05, 0) is 5.56 Å². The molecule has 0 unspecified atom stereocenters. The molecule has 0 aliphatic carbocycles. The maximum atomic E-state index is 10.6. The van der Waals surface area contributed by atoms with Crippen molar-refractivity contribution in [2.45, 2.75) is 12.8 Å². The molecule has 5 heteroatoms. The predicted molar refractivity (Wildman–Crippen MR) is 74.4 cm³/mol. The summed E-state index contributed by atoms with van der Waals surface area (Å²) in [6.07, 6.45) is 6.06. The molecule has 0 bridgehead atoms. The van der Waals surface area contributed by atoms with Crippen LogP contribution in [0.2, 0.25) is 0 Å². The molecule has 0 saturated heterocycles. The number of carbonyl (C=O) groups is 1. The van der Waals surface area contributed by atoms with Gasteiger partial charge in [-0.25, -0.2) is 9.97 Å². The Morgan fingerprint density at radius 3 is 2.70 bits per heavy atom. The lowest BCUT2D eigenvalue weighted by molar-refractivity contribution is -0.136. The van der Waals surface area contributed by atoms with Crippen molar-refractivity contribution < 1.29 is 9.90 Å². The topological polar surface area (TPSA) is 67.5 Å². The molecule has 100 valence electrons. The molecule has 2 heterocycles. The third-order valence-electron chi connectivity index (χ3n) is 3.06. The van der Waals surface area contributed by atoms with E-state index in [0.717, 1.165) is 16.8 Å². The molecule has 0 amide bonds. The fraction of sp³-hybridized carbons (Fsp3) is 0.133. The summed E-state index contributed by atoms with van der Waals surface area (Å²) in [7, 11) is 0. The lowest BCUT2D eigenvalue weighted by Crippen LogP contribution is -1.97. The first kappa shape index (κ1) is 12.3. The van der Waals surface area contributed by atoms with Gasteiger partial charge in [-0.1, -0.05) is 30.3 Å². The number of hydrogen-bond donors (Lipinski definition) is 1. The monoisotopic (exact) mass is 267 g/mol. The molecule has 0 aliphatic rings. The zero-order valence-electron chi connectivity index (χ0n) is 10.7. The van der Waals surface area contributed by atoms with E-state index in [0.29, 0.717) is 12.2 Å². The Morgan fingerprint density at radius 1 is 1.15 bits per heavy atom. The van der Waals surface area contributed by atoms with E-state index >= 15 is 0 Å². The fourth-order valence-electron chi connectivity index (χ4n) is 2.07. The van der Waals surface area contributed by atoms with E-state index in [1.165, 1.54) is 0 Å². The molecule has 0 atom stereocenters. The Morgan fingerprint density at radius 2 is 1.95 bits per heavy atom. The number of fused-ring (bicyclic) bond motifs is 1. The Labute approximate surface area is 115 Å². The van der Waals surface area contributed by atoms with Crippen molar-refractivity contribution in [1.82, 2.24) is 14.4 Å². The standard InChI is InChI=1S/C15H13N3O2/c19-14(20)7-6-13-10-18-9-12(8-16-15(18)17-13)11-4-2-1-3-5-11/h1-5,8-10H,6-7H2,(H,19,20). The number of aliphatic carboxylic acids is 1. The molecule has 5 nitrogen and oxygen atoms in total. The number of benzene rings is 1. The molecule has 1 N–H and O–H groups in total. The number of imidazole rings is 1. The highest BCUT2D eigenvalue weighted by molar-refractivity contribution is 5.67. The molecular formula is C15H13N3O2. The molecule has 1 aromatic carbocycles.